The van der Waals surface area contributed by atoms with E-state index in [1.165, 1.54) is 13.1 Å². The first kappa shape index (κ1) is 21.8. The van der Waals surface area contributed by atoms with Gasteiger partial charge in [-0.25, -0.2) is 0 Å². The van der Waals surface area contributed by atoms with Crippen molar-refractivity contribution in [2.24, 2.45) is 11.5 Å². The third-order valence-corrected chi connectivity index (χ3v) is 5.14. The van der Waals surface area contributed by atoms with Gasteiger partial charge in [0.05, 0.1) is 17.0 Å². The number of carbonyl (C=O) groups is 3. The molecule has 2 heterocycles. The van der Waals surface area contributed by atoms with Crippen molar-refractivity contribution >= 4 is 23.4 Å². The number of imide groups is 1. The molecule has 5 N–H and O–H groups in total. The van der Waals surface area contributed by atoms with E-state index >= 15 is 0 Å². The van der Waals surface area contributed by atoms with Gasteiger partial charge in [-0.2, -0.15) is 0 Å². The van der Waals surface area contributed by atoms with Gasteiger partial charge in [0.1, 0.15) is 5.82 Å². The molecule has 1 aromatic heterocycles. The maximum absolute atomic E-state index is 12.8. The van der Waals surface area contributed by atoms with Crippen LogP contribution in [0.3, 0.4) is 0 Å². The summed E-state index contributed by atoms with van der Waals surface area (Å²) in [6.07, 6.45) is 6.43. The second-order valence-electron chi connectivity index (χ2n) is 7.65. The van der Waals surface area contributed by atoms with E-state index in [2.05, 4.69) is 10.3 Å². The lowest BCUT2D eigenvalue weighted by atomic mass is 9.90. The van der Waals surface area contributed by atoms with E-state index in [0.717, 1.165) is 21.6 Å². The molecule has 1 aliphatic rings. The Hall–Kier alpha value is -3.94. The van der Waals surface area contributed by atoms with Crippen molar-refractivity contribution in [3.63, 3.8) is 0 Å². The summed E-state index contributed by atoms with van der Waals surface area (Å²) in [5.74, 6) is -1.79. The largest absolute Gasteiger partial charge is 0.398 e. The highest BCUT2D eigenvalue weighted by atomic mass is 16.2. The van der Waals surface area contributed by atoms with Crippen LogP contribution in [0, 0.1) is 13.8 Å². The van der Waals surface area contributed by atoms with Gasteiger partial charge in [-0.1, -0.05) is 6.07 Å². The number of amides is 3. The topological polar surface area (TPSA) is 131 Å². The Morgan fingerprint density at radius 2 is 1.81 bits per heavy atom. The summed E-state index contributed by atoms with van der Waals surface area (Å²) in [5.41, 5.74) is 16.0. The number of pyridine rings is 1. The average molecular weight is 422 g/mol. The Labute approximate surface area is 182 Å². The van der Waals surface area contributed by atoms with E-state index in [1.807, 2.05) is 19.9 Å². The summed E-state index contributed by atoms with van der Waals surface area (Å²) >= 11 is 0. The Morgan fingerprint density at radius 1 is 1.10 bits per heavy atom. The normalized spacial score (nSPS) is 15.2. The van der Waals surface area contributed by atoms with E-state index in [-0.39, 0.29) is 18.7 Å². The fourth-order valence-corrected chi connectivity index (χ4v) is 3.43. The van der Waals surface area contributed by atoms with E-state index in [4.69, 9.17) is 11.5 Å². The van der Waals surface area contributed by atoms with Gasteiger partial charge in [0.2, 0.25) is 5.91 Å². The molecule has 162 valence electrons. The van der Waals surface area contributed by atoms with Crippen LogP contribution in [0.4, 0.5) is 0 Å². The van der Waals surface area contributed by atoms with Crippen LogP contribution in [-0.4, -0.2) is 34.7 Å². The molecule has 2 aromatic rings. The zero-order chi connectivity index (χ0) is 22.9. The summed E-state index contributed by atoms with van der Waals surface area (Å²) in [7, 11) is 1.43. The molecule has 3 amide bonds. The summed E-state index contributed by atoms with van der Waals surface area (Å²) in [6, 6.07) is 5.29. The average Bonchev–Trinajstić information content (AvgIpc) is 2.94. The molecule has 1 atom stereocenters. The highest BCUT2D eigenvalue weighted by molar-refractivity contribution is 6.22. The molecular formula is C23H27N5O3. The molecule has 0 unspecified atom stereocenters. The number of aromatic nitrogens is 1. The van der Waals surface area contributed by atoms with Crippen molar-refractivity contribution in [1.29, 1.82) is 0 Å². The van der Waals surface area contributed by atoms with Crippen molar-refractivity contribution in [3.8, 4) is 0 Å². The first-order valence-corrected chi connectivity index (χ1v) is 9.73. The van der Waals surface area contributed by atoms with E-state index in [9.17, 15) is 14.4 Å². The number of nitrogens with zero attached hydrogens (tertiary/aromatic N) is 2. The van der Waals surface area contributed by atoms with Gasteiger partial charge >= 0.3 is 0 Å². The number of hydrogen-bond donors (Lipinski definition) is 3. The van der Waals surface area contributed by atoms with Crippen molar-refractivity contribution in [2.45, 2.75) is 26.7 Å². The van der Waals surface area contributed by atoms with Crippen molar-refractivity contribution in [1.82, 2.24) is 15.2 Å². The smallest absolute Gasteiger partial charge is 0.261 e. The van der Waals surface area contributed by atoms with Crippen LogP contribution in [-0.2, 0) is 4.79 Å². The Balaban J connectivity index is 0.00000363. The molecule has 31 heavy (non-hydrogen) atoms. The van der Waals surface area contributed by atoms with Gasteiger partial charge in [-0.15, -0.1) is 0 Å². The second-order valence-corrected chi connectivity index (χ2v) is 7.65. The highest BCUT2D eigenvalue weighted by Crippen LogP contribution is 2.31. The van der Waals surface area contributed by atoms with E-state index in [0.29, 0.717) is 16.8 Å². The number of fused-ring (bicyclic) bond motifs is 1. The number of nitrogens with one attached hydrogen (secondary N) is 1. The molecule has 3 rings (SSSR count). The molecule has 8 heteroatoms. The summed E-state index contributed by atoms with van der Waals surface area (Å²) < 4.78 is 0. The van der Waals surface area contributed by atoms with Gasteiger partial charge in [-0.3, -0.25) is 24.3 Å². The first-order chi connectivity index (χ1) is 14.6. The van der Waals surface area contributed by atoms with Crippen LogP contribution in [0.5, 0.6) is 0 Å². The van der Waals surface area contributed by atoms with Crippen molar-refractivity contribution in [3.05, 3.63) is 81.9 Å². The lowest BCUT2D eigenvalue weighted by Crippen LogP contribution is -2.32. The molecule has 1 aromatic carbocycles. The van der Waals surface area contributed by atoms with Gasteiger partial charge in [0, 0.05) is 32.1 Å². The molecule has 0 spiro atoms. The minimum Gasteiger partial charge on any atom is -0.398 e. The Kier molecular flexibility index (Phi) is 5.92. The zero-order valence-electron chi connectivity index (χ0n) is 17.9. The third-order valence-electron chi connectivity index (χ3n) is 5.14. The lowest BCUT2D eigenvalue weighted by molar-refractivity contribution is -0.121. The fourth-order valence-electron chi connectivity index (χ4n) is 3.43. The molecule has 0 saturated carbocycles. The highest BCUT2D eigenvalue weighted by Gasteiger charge is 2.37. The second kappa shape index (κ2) is 8.43. The van der Waals surface area contributed by atoms with Gasteiger partial charge in [0.25, 0.3) is 11.8 Å². The fraction of sp³-hybridized carbons (Fsp3) is 0.217. The number of aryl methyl sites for hydroxylation is 2. The zero-order valence-corrected chi connectivity index (χ0v) is 17.9. The molecule has 0 aliphatic carbocycles. The third kappa shape index (κ3) is 4.32. The standard InChI is InChI=1S/C23H25N5O3.H2/c1-12-8-16(20-17(9-12)22(30)28(4)23(20)31)14(3)21(29)27-19(25)6-5-18(24)15-7-13(2)10-26-11-15;/h5-11,14H,24-25H2,1-4H3,(H,27,29);1H/b18-5-,19-6+;/t14-;/m0./s1. The number of carbonyl (C=O) groups excluding carboxylic acids is 3. The Bertz CT molecular complexity index is 1160. The lowest BCUT2D eigenvalue weighted by Gasteiger charge is -2.16. The summed E-state index contributed by atoms with van der Waals surface area (Å²) in [5, 5.41) is 2.62. The number of benzene rings is 1. The molecule has 0 fully saturated rings. The van der Waals surface area contributed by atoms with Crippen LogP contribution in [0.25, 0.3) is 5.70 Å². The minimum atomic E-state index is -0.703. The number of nitrogens with two attached hydrogens (primary N) is 2. The van der Waals surface area contributed by atoms with Crippen LogP contribution >= 0.6 is 0 Å². The summed E-state index contributed by atoms with van der Waals surface area (Å²) in [4.78, 5) is 42.8. The Morgan fingerprint density at radius 3 is 2.48 bits per heavy atom. The molecule has 8 nitrogen and oxygen atoms in total. The predicted molar refractivity (Wildman–Crippen MR) is 120 cm³/mol. The van der Waals surface area contributed by atoms with Gasteiger partial charge in [-0.05, 0) is 61.7 Å². The number of hydrogen-bond acceptors (Lipinski definition) is 6. The molecular weight excluding hydrogens is 394 g/mol. The van der Waals surface area contributed by atoms with Crippen LogP contribution < -0.4 is 16.8 Å². The van der Waals surface area contributed by atoms with Crippen LogP contribution in [0.2, 0.25) is 0 Å². The minimum absolute atomic E-state index is 0. The van der Waals surface area contributed by atoms with Crippen molar-refractivity contribution in [2.75, 3.05) is 7.05 Å². The molecule has 0 bridgehead atoms. The number of allylic oxidation sites excluding steroid dienone is 2. The predicted octanol–water partition coefficient (Wildman–Crippen LogP) is 2.19. The molecule has 1 aliphatic heterocycles. The SMILES string of the molecule is Cc1cncc(/C(N)=C/C=C(\N)NC(=O)[C@@H](C)c2cc(C)cc3c2C(=O)N(C)C3=O)c1.[HH]. The maximum Gasteiger partial charge on any atom is 0.261 e. The van der Waals surface area contributed by atoms with Gasteiger partial charge in [0.15, 0.2) is 0 Å². The van der Waals surface area contributed by atoms with Gasteiger partial charge < -0.3 is 16.8 Å². The number of rotatable bonds is 5. The maximum atomic E-state index is 12.8. The first-order valence-electron chi connectivity index (χ1n) is 9.73. The van der Waals surface area contributed by atoms with E-state index < -0.39 is 17.7 Å². The van der Waals surface area contributed by atoms with Crippen molar-refractivity contribution < 1.29 is 15.8 Å². The van der Waals surface area contributed by atoms with E-state index in [1.54, 1.807) is 37.5 Å². The molecule has 0 radical (unpaired) electrons. The molecule has 0 saturated heterocycles. The summed E-state index contributed by atoms with van der Waals surface area (Å²) in [6.45, 7) is 5.39. The monoisotopic (exact) mass is 421 g/mol. The van der Waals surface area contributed by atoms with Crippen LogP contribution in [0.1, 0.15) is 57.2 Å². The quantitative estimate of drug-likeness (QED) is 0.501. The van der Waals surface area contributed by atoms with Crippen LogP contribution in [0.15, 0.2) is 48.6 Å².